The van der Waals surface area contributed by atoms with Crippen LogP contribution in [0.25, 0.3) is 10.2 Å². The van der Waals surface area contributed by atoms with E-state index in [0.29, 0.717) is 10.8 Å². The molecule has 7 nitrogen and oxygen atoms in total. The number of rotatable bonds is 5. The quantitative estimate of drug-likeness (QED) is 0.616. The van der Waals surface area contributed by atoms with E-state index in [2.05, 4.69) is 10.3 Å². The number of hydrogen-bond donors (Lipinski definition) is 1. The fourth-order valence-corrected chi connectivity index (χ4v) is 5.11. The Balaban J connectivity index is 1.51. The SMILES string of the molecule is Cc1ccccc1N(C(=O)CN1C(=O)NC(C)(C2CC2)C1=O)c1nc2ccccc2s1. The van der Waals surface area contributed by atoms with Gasteiger partial charge in [-0.05, 0) is 56.4 Å². The molecule has 4 amide bonds. The van der Waals surface area contributed by atoms with E-state index in [-0.39, 0.29) is 24.3 Å². The van der Waals surface area contributed by atoms with E-state index in [1.54, 1.807) is 6.92 Å². The van der Waals surface area contributed by atoms with Gasteiger partial charge in [0.1, 0.15) is 12.1 Å². The third-order valence-electron chi connectivity index (χ3n) is 6.07. The predicted molar refractivity (Wildman–Crippen MR) is 119 cm³/mol. The maximum atomic E-state index is 13.5. The number of carbonyl (C=O) groups excluding carboxylic acids is 3. The van der Waals surface area contributed by atoms with Crippen LogP contribution in [0.3, 0.4) is 0 Å². The van der Waals surface area contributed by atoms with Crippen LogP contribution in [0.4, 0.5) is 15.6 Å². The van der Waals surface area contributed by atoms with Gasteiger partial charge in [-0.3, -0.25) is 19.4 Å². The van der Waals surface area contributed by atoms with E-state index in [1.807, 2.05) is 55.5 Å². The number of nitrogens with one attached hydrogen (secondary N) is 1. The summed E-state index contributed by atoms with van der Waals surface area (Å²) in [6.45, 7) is 3.33. The first-order valence-electron chi connectivity index (χ1n) is 10.3. The van der Waals surface area contributed by atoms with Crippen LogP contribution in [0.1, 0.15) is 25.3 Å². The molecule has 1 unspecified atom stereocenters. The molecule has 8 heteroatoms. The Morgan fingerprint density at radius 1 is 1.19 bits per heavy atom. The van der Waals surface area contributed by atoms with E-state index in [0.717, 1.165) is 33.5 Å². The minimum absolute atomic E-state index is 0.140. The van der Waals surface area contributed by atoms with Crippen LogP contribution in [0, 0.1) is 12.8 Å². The Labute approximate surface area is 183 Å². The summed E-state index contributed by atoms with van der Waals surface area (Å²) in [5.41, 5.74) is 1.46. The van der Waals surface area contributed by atoms with Crippen molar-refractivity contribution < 1.29 is 14.4 Å². The lowest BCUT2D eigenvalue weighted by molar-refractivity contribution is -0.134. The summed E-state index contributed by atoms with van der Waals surface area (Å²) in [5, 5.41) is 3.31. The third kappa shape index (κ3) is 3.27. The second-order valence-electron chi connectivity index (χ2n) is 8.28. The number of amides is 4. The molecule has 1 aromatic heterocycles. The molecule has 3 aromatic rings. The number of thiazole rings is 1. The van der Waals surface area contributed by atoms with E-state index >= 15 is 0 Å². The van der Waals surface area contributed by atoms with Crippen LogP contribution >= 0.6 is 11.3 Å². The summed E-state index contributed by atoms with van der Waals surface area (Å²) in [5.74, 6) is -0.569. The fourth-order valence-electron chi connectivity index (χ4n) is 4.12. The van der Waals surface area contributed by atoms with Gasteiger partial charge in [0.05, 0.1) is 15.9 Å². The average Bonchev–Trinajstić information content (AvgIpc) is 3.49. The molecule has 5 rings (SSSR count). The summed E-state index contributed by atoms with van der Waals surface area (Å²) >= 11 is 1.40. The first kappa shape index (κ1) is 19.7. The minimum Gasteiger partial charge on any atom is -0.323 e. The van der Waals surface area contributed by atoms with Gasteiger partial charge in [-0.1, -0.05) is 41.7 Å². The number of nitrogens with zero attached hydrogens (tertiary/aromatic N) is 3. The number of aryl methyl sites for hydroxylation is 1. The lowest BCUT2D eigenvalue weighted by Gasteiger charge is -2.24. The highest BCUT2D eigenvalue weighted by Crippen LogP contribution is 2.43. The minimum atomic E-state index is -0.916. The van der Waals surface area contributed by atoms with Gasteiger partial charge >= 0.3 is 6.03 Å². The van der Waals surface area contributed by atoms with Crippen molar-refractivity contribution >= 4 is 50.2 Å². The highest BCUT2D eigenvalue weighted by molar-refractivity contribution is 7.22. The maximum Gasteiger partial charge on any atom is 0.325 e. The van der Waals surface area contributed by atoms with Crippen molar-refractivity contribution in [3.8, 4) is 0 Å². The average molecular weight is 435 g/mol. The van der Waals surface area contributed by atoms with E-state index in [4.69, 9.17) is 0 Å². The molecule has 0 radical (unpaired) electrons. The summed E-state index contributed by atoms with van der Waals surface area (Å²) < 4.78 is 0.959. The standard InChI is InChI=1S/C23H22N4O3S/c1-14-7-3-5-9-17(14)27(22-24-16-8-4-6-10-18(16)31-22)19(28)13-26-20(29)23(2,15-11-12-15)25-21(26)30/h3-10,15H,11-13H2,1-2H3,(H,25,30). The number of imide groups is 1. The normalized spacial score (nSPS) is 20.9. The van der Waals surface area contributed by atoms with Crippen LogP contribution < -0.4 is 10.2 Å². The summed E-state index contributed by atoms with van der Waals surface area (Å²) in [6.07, 6.45) is 1.82. The van der Waals surface area contributed by atoms with Crippen molar-refractivity contribution in [3.05, 3.63) is 54.1 Å². The molecule has 0 bridgehead atoms. The molecule has 31 heavy (non-hydrogen) atoms. The zero-order valence-electron chi connectivity index (χ0n) is 17.3. The van der Waals surface area contributed by atoms with Crippen molar-refractivity contribution in [1.82, 2.24) is 15.2 Å². The van der Waals surface area contributed by atoms with Gasteiger partial charge in [-0.25, -0.2) is 9.78 Å². The summed E-state index contributed by atoms with van der Waals surface area (Å²) in [4.78, 5) is 46.3. The molecule has 1 N–H and O–H groups in total. The van der Waals surface area contributed by atoms with E-state index in [9.17, 15) is 14.4 Å². The molecule has 2 aliphatic rings. The smallest absolute Gasteiger partial charge is 0.323 e. The Hall–Kier alpha value is -3.26. The highest BCUT2D eigenvalue weighted by atomic mass is 32.1. The van der Waals surface area contributed by atoms with Gasteiger partial charge in [-0.2, -0.15) is 0 Å². The van der Waals surface area contributed by atoms with Crippen LogP contribution in [0.5, 0.6) is 0 Å². The molecular formula is C23H22N4O3S. The zero-order chi connectivity index (χ0) is 21.8. The second kappa shape index (κ2) is 7.16. The Morgan fingerprint density at radius 3 is 2.61 bits per heavy atom. The third-order valence-corrected chi connectivity index (χ3v) is 7.09. The van der Waals surface area contributed by atoms with Crippen LogP contribution in [0.2, 0.25) is 0 Å². The Morgan fingerprint density at radius 2 is 1.90 bits per heavy atom. The van der Waals surface area contributed by atoms with Gasteiger partial charge in [0.15, 0.2) is 5.13 Å². The first-order chi connectivity index (χ1) is 14.9. The maximum absolute atomic E-state index is 13.5. The van der Waals surface area contributed by atoms with Crippen molar-refractivity contribution in [1.29, 1.82) is 0 Å². The fraction of sp³-hybridized carbons (Fsp3) is 0.304. The second-order valence-corrected chi connectivity index (χ2v) is 9.29. The van der Waals surface area contributed by atoms with Gasteiger partial charge in [0.2, 0.25) is 0 Å². The monoisotopic (exact) mass is 434 g/mol. The lowest BCUT2D eigenvalue weighted by Crippen LogP contribution is -2.47. The first-order valence-corrected chi connectivity index (χ1v) is 11.1. The van der Waals surface area contributed by atoms with Gasteiger partial charge in [0.25, 0.3) is 11.8 Å². The number of para-hydroxylation sites is 2. The zero-order valence-corrected chi connectivity index (χ0v) is 18.1. The summed E-state index contributed by atoms with van der Waals surface area (Å²) in [7, 11) is 0. The number of carbonyl (C=O) groups is 3. The molecule has 1 atom stereocenters. The van der Waals surface area contributed by atoms with Crippen molar-refractivity contribution in [2.45, 2.75) is 32.2 Å². The molecule has 158 valence electrons. The molecule has 2 fully saturated rings. The number of anilines is 2. The number of aromatic nitrogens is 1. The predicted octanol–water partition coefficient (Wildman–Crippen LogP) is 3.99. The molecule has 1 saturated carbocycles. The molecule has 2 heterocycles. The Bertz CT molecular complexity index is 1190. The van der Waals surface area contributed by atoms with Gasteiger partial charge < -0.3 is 5.32 Å². The van der Waals surface area contributed by atoms with E-state index in [1.165, 1.54) is 16.2 Å². The Kier molecular flexibility index (Phi) is 4.55. The van der Waals surface area contributed by atoms with Crippen LogP contribution in [-0.4, -0.2) is 39.8 Å². The molecule has 1 aliphatic carbocycles. The van der Waals surface area contributed by atoms with Crippen molar-refractivity contribution in [2.24, 2.45) is 5.92 Å². The van der Waals surface area contributed by atoms with Crippen LogP contribution in [-0.2, 0) is 9.59 Å². The molecular weight excluding hydrogens is 412 g/mol. The number of benzene rings is 2. The van der Waals surface area contributed by atoms with Crippen molar-refractivity contribution in [3.63, 3.8) is 0 Å². The van der Waals surface area contributed by atoms with Gasteiger partial charge in [-0.15, -0.1) is 0 Å². The molecule has 2 aromatic carbocycles. The number of urea groups is 1. The molecule has 0 spiro atoms. The van der Waals surface area contributed by atoms with Gasteiger partial charge in [0, 0.05) is 0 Å². The van der Waals surface area contributed by atoms with Crippen molar-refractivity contribution in [2.75, 3.05) is 11.4 Å². The van der Waals surface area contributed by atoms with Crippen LogP contribution in [0.15, 0.2) is 48.5 Å². The largest absolute Gasteiger partial charge is 0.325 e. The summed E-state index contributed by atoms with van der Waals surface area (Å²) in [6, 6.07) is 14.7. The molecule has 1 saturated heterocycles. The topological polar surface area (TPSA) is 82.6 Å². The number of fused-ring (bicyclic) bond motifs is 1. The van der Waals surface area contributed by atoms with E-state index < -0.39 is 11.6 Å². The lowest BCUT2D eigenvalue weighted by atomic mass is 9.96. The molecule has 1 aliphatic heterocycles. The highest BCUT2D eigenvalue weighted by Gasteiger charge is 2.56. The number of hydrogen-bond acceptors (Lipinski definition) is 5.